The number of hydrogen-bond acceptors (Lipinski definition) is 0. The first-order valence-corrected chi connectivity index (χ1v) is 6.99. The summed E-state index contributed by atoms with van der Waals surface area (Å²) in [6, 6.07) is 17.2. The van der Waals surface area contributed by atoms with Crippen LogP contribution in [0, 0.1) is 0 Å². The maximum atomic E-state index is 4.30. The zero-order valence-electron chi connectivity index (χ0n) is 11.4. The summed E-state index contributed by atoms with van der Waals surface area (Å²) in [5.41, 5.74) is 3.73. The quantitative estimate of drug-likeness (QED) is 0.579. The Labute approximate surface area is 114 Å². The van der Waals surface area contributed by atoms with Gasteiger partial charge in [-0.05, 0) is 25.0 Å². The SMILES string of the molecule is C=C(CCCC)n1c2ccccc2c2ccccc21. The van der Waals surface area contributed by atoms with Gasteiger partial charge in [-0.2, -0.15) is 0 Å². The zero-order valence-corrected chi connectivity index (χ0v) is 11.4. The van der Waals surface area contributed by atoms with E-state index in [1.165, 1.54) is 40.3 Å². The van der Waals surface area contributed by atoms with Crippen molar-refractivity contribution >= 4 is 27.5 Å². The largest absolute Gasteiger partial charge is 0.314 e. The lowest BCUT2D eigenvalue weighted by molar-refractivity contribution is 0.806. The first kappa shape index (κ1) is 12.0. The van der Waals surface area contributed by atoms with E-state index in [2.05, 4.69) is 66.6 Å². The molecule has 1 heterocycles. The molecule has 3 aromatic rings. The molecule has 0 radical (unpaired) electrons. The summed E-state index contributed by atoms with van der Waals surface area (Å²) < 4.78 is 2.32. The minimum Gasteiger partial charge on any atom is -0.314 e. The maximum absolute atomic E-state index is 4.30. The van der Waals surface area contributed by atoms with Crippen LogP contribution in [0.1, 0.15) is 26.2 Å². The van der Waals surface area contributed by atoms with Crippen LogP contribution in [0.15, 0.2) is 55.1 Å². The van der Waals surface area contributed by atoms with Gasteiger partial charge in [0.15, 0.2) is 0 Å². The molecule has 19 heavy (non-hydrogen) atoms. The van der Waals surface area contributed by atoms with E-state index in [9.17, 15) is 0 Å². The summed E-state index contributed by atoms with van der Waals surface area (Å²) >= 11 is 0. The first-order chi connectivity index (χ1) is 9.33. The summed E-state index contributed by atoms with van der Waals surface area (Å²) in [6.45, 7) is 6.52. The van der Waals surface area contributed by atoms with Gasteiger partial charge in [0, 0.05) is 16.5 Å². The summed E-state index contributed by atoms with van der Waals surface area (Å²) in [6.07, 6.45) is 3.45. The number of aromatic nitrogens is 1. The topological polar surface area (TPSA) is 4.93 Å². The van der Waals surface area contributed by atoms with Crippen molar-refractivity contribution in [3.63, 3.8) is 0 Å². The van der Waals surface area contributed by atoms with Gasteiger partial charge in [0.1, 0.15) is 0 Å². The maximum Gasteiger partial charge on any atom is 0.0537 e. The van der Waals surface area contributed by atoms with Gasteiger partial charge in [-0.25, -0.2) is 0 Å². The molecule has 1 aromatic heterocycles. The Balaban J connectivity index is 2.27. The predicted octanol–water partition coefficient (Wildman–Crippen LogP) is 5.46. The monoisotopic (exact) mass is 249 g/mol. The van der Waals surface area contributed by atoms with Crippen molar-refractivity contribution in [2.45, 2.75) is 26.2 Å². The van der Waals surface area contributed by atoms with Crippen LogP contribution in [0.3, 0.4) is 0 Å². The number of allylic oxidation sites excluding steroid dienone is 1. The van der Waals surface area contributed by atoms with Gasteiger partial charge in [0.2, 0.25) is 0 Å². The molecule has 3 rings (SSSR count). The van der Waals surface area contributed by atoms with Crippen molar-refractivity contribution in [2.24, 2.45) is 0 Å². The summed E-state index contributed by atoms with van der Waals surface area (Å²) in [5.74, 6) is 0. The Bertz CT molecular complexity index is 680. The van der Waals surface area contributed by atoms with Crippen molar-refractivity contribution in [1.29, 1.82) is 0 Å². The fourth-order valence-electron chi connectivity index (χ4n) is 2.76. The molecule has 0 aliphatic carbocycles. The van der Waals surface area contributed by atoms with E-state index in [4.69, 9.17) is 0 Å². The molecular weight excluding hydrogens is 230 g/mol. The van der Waals surface area contributed by atoms with E-state index < -0.39 is 0 Å². The highest BCUT2D eigenvalue weighted by molar-refractivity contribution is 6.09. The molecule has 0 spiro atoms. The second-order valence-corrected chi connectivity index (χ2v) is 5.04. The van der Waals surface area contributed by atoms with E-state index in [0.717, 1.165) is 6.42 Å². The highest BCUT2D eigenvalue weighted by atomic mass is 15.0. The van der Waals surface area contributed by atoms with Gasteiger partial charge in [0.05, 0.1) is 11.0 Å². The van der Waals surface area contributed by atoms with Crippen LogP contribution < -0.4 is 0 Å². The van der Waals surface area contributed by atoms with Crippen molar-refractivity contribution in [3.05, 3.63) is 55.1 Å². The summed E-state index contributed by atoms with van der Waals surface area (Å²) in [4.78, 5) is 0. The Morgan fingerprint density at radius 3 is 2.00 bits per heavy atom. The molecule has 0 unspecified atom stereocenters. The standard InChI is InChI=1S/C18H19N/c1-3-4-9-14(2)19-17-12-7-5-10-15(17)16-11-6-8-13-18(16)19/h5-8,10-13H,2-4,9H2,1H3. The van der Waals surface area contributed by atoms with Crippen LogP contribution in [0.5, 0.6) is 0 Å². The van der Waals surface area contributed by atoms with Gasteiger partial charge in [0.25, 0.3) is 0 Å². The lowest BCUT2D eigenvalue weighted by Crippen LogP contribution is -1.95. The zero-order chi connectivity index (χ0) is 13.2. The number of unbranched alkanes of at least 4 members (excludes halogenated alkanes) is 1. The third-order valence-corrected chi connectivity index (χ3v) is 3.72. The molecule has 0 bridgehead atoms. The molecule has 2 aromatic carbocycles. The first-order valence-electron chi connectivity index (χ1n) is 6.99. The summed E-state index contributed by atoms with van der Waals surface area (Å²) in [7, 11) is 0. The minimum atomic E-state index is 1.05. The average Bonchev–Trinajstić information content (AvgIpc) is 2.79. The second kappa shape index (κ2) is 4.93. The highest BCUT2D eigenvalue weighted by Gasteiger charge is 2.11. The fourth-order valence-corrected chi connectivity index (χ4v) is 2.76. The number of nitrogens with zero attached hydrogens (tertiary/aromatic N) is 1. The molecular formula is C18H19N. The van der Waals surface area contributed by atoms with Crippen LogP contribution in [0.25, 0.3) is 27.5 Å². The predicted molar refractivity (Wildman–Crippen MR) is 84.3 cm³/mol. The molecule has 96 valence electrons. The summed E-state index contributed by atoms with van der Waals surface area (Å²) in [5, 5.41) is 2.63. The van der Waals surface area contributed by atoms with E-state index in [-0.39, 0.29) is 0 Å². The molecule has 0 saturated heterocycles. The molecule has 0 N–H and O–H groups in total. The van der Waals surface area contributed by atoms with Crippen molar-refractivity contribution in [3.8, 4) is 0 Å². The smallest absolute Gasteiger partial charge is 0.0537 e. The molecule has 0 amide bonds. The number of hydrogen-bond donors (Lipinski definition) is 0. The Morgan fingerprint density at radius 1 is 0.947 bits per heavy atom. The van der Waals surface area contributed by atoms with Crippen LogP contribution in [-0.4, -0.2) is 4.57 Å². The van der Waals surface area contributed by atoms with Gasteiger partial charge in [-0.3, -0.25) is 0 Å². The third kappa shape index (κ3) is 1.95. The highest BCUT2D eigenvalue weighted by Crippen LogP contribution is 2.32. The number of fused-ring (bicyclic) bond motifs is 3. The van der Waals surface area contributed by atoms with Crippen molar-refractivity contribution in [2.75, 3.05) is 0 Å². The lowest BCUT2D eigenvalue weighted by Gasteiger charge is -2.10. The van der Waals surface area contributed by atoms with Gasteiger partial charge >= 0.3 is 0 Å². The molecule has 0 fully saturated rings. The Morgan fingerprint density at radius 2 is 1.47 bits per heavy atom. The second-order valence-electron chi connectivity index (χ2n) is 5.04. The molecule has 0 atom stereocenters. The third-order valence-electron chi connectivity index (χ3n) is 3.72. The average molecular weight is 249 g/mol. The molecule has 0 aliphatic rings. The van der Waals surface area contributed by atoms with E-state index in [1.54, 1.807) is 0 Å². The van der Waals surface area contributed by atoms with Gasteiger partial charge in [-0.1, -0.05) is 56.3 Å². The van der Waals surface area contributed by atoms with Crippen LogP contribution in [0.4, 0.5) is 0 Å². The van der Waals surface area contributed by atoms with Crippen LogP contribution >= 0.6 is 0 Å². The van der Waals surface area contributed by atoms with Crippen molar-refractivity contribution < 1.29 is 0 Å². The van der Waals surface area contributed by atoms with Gasteiger partial charge < -0.3 is 4.57 Å². The Kier molecular flexibility index (Phi) is 3.12. The number of para-hydroxylation sites is 2. The molecule has 1 heteroatoms. The lowest BCUT2D eigenvalue weighted by atomic mass is 10.2. The van der Waals surface area contributed by atoms with Crippen molar-refractivity contribution in [1.82, 2.24) is 4.57 Å². The molecule has 1 nitrogen and oxygen atoms in total. The van der Waals surface area contributed by atoms with E-state index in [1.807, 2.05) is 0 Å². The number of benzene rings is 2. The van der Waals surface area contributed by atoms with Gasteiger partial charge in [-0.15, -0.1) is 0 Å². The fraction of sp³-hybridized carbons (Fsp3) is 0.222. The van der Waals surface area contributed by atoms with E-state index in [0.29, 0.717) is 0 Å². The molecule has 0 aliphatic heterocycles. The number of rotatable bonds is 4. The molecule has 0 saturated carbocycles. The van der Waals surface area contributed by atoms with Crippen LogP contribution in [0.2, 0.25) is 0 Å². The van der Waals surface area contributed by atoms with E-state index >= 15 is 0 Å². The Hall–Kier alpha value is -2.02. The minimum absolute atomic E-state index is 1.05. The van der Waals surface area contributed by atoms with Crippen LogP contribution in [-0.2, 0) is 0 Å². The normalized spacial score (nSPS) is 11.2.